The van der Waals surface area contributed by atoms with Crippen molar-refractivity contribution in [1.82, 2.24) is 10.2 Å². The monoisotopic (exact) mass is 282 g/mol. The zero-order chi connectivity index (χ0) is 15.4. The Bertz CT molecular complexity index is 351. The van der Waals surface area contributed by atoms with Gasteiger partial charge in [0.15, 0.2) is 0 Å². The van der Waals surface area contributed by atoms with E-state index < -0.39 is 0 Å². The summed E-state index contributed by atoms with van der Waals surface area (Å²) in [5, 5.41) is 2.41. The third kappa shape index (κ3) is 6.52. The van der Waals surface area contributed by atoms with Gasteiger partial charge in [0.05, 0.1) is 18.8 Å². The maximum Gasteiger partial charge on any atom is 0.255 e. The lowest BCUT2D eigenvalue weighted by Gasteiger charge is -2.22. The predicted octanol–water partition coefficient (Wildman–Crippen LogP) is 1.71. The summed E-state index contributed by atoms with van der Waals surface area (Å²) in [6.45, 7) is 10.4. The van der Waals surface area contributed by atoms with Crippen molar-refractivity contribution in [3.05, 3.63) is 23.9 Å². The Morgan fingerprint density at radius 1 is 1.40 bits per heavy atom. The van der Waals surface area contributed by atoms with E-state index in [-0.39, 0.29) is 5.91 Å². The molecule has 0 aromatic rings. The second kappa shape index (κ2) is 11.2. The van der Waals surface area contributed by atoms with Gasteiger partial charge >= 0.3 is 0 Å². The predicted molar refractivity (Wildman–Crippen MR) is 80.0 cm³/mol. The smallest absolute Gasteiger partial charge is 0.255 e. The normalized spacial score (nSPS) is 19.9. The molecule has 0 aromatic heterocycles. The molecule has 5 nitrogen and oxygen atoms in total. The Hall–Kier alpha value is -1.62. The Morgan fingerprint density at radius 3 is 2.70 bits per heavy atom. The van der Waals surface area contributed by atoms with Crippen molar-refractivity contribution in [2.45, 2.75) is 27.7 Å². The molecule has 1 N–H and O–H groups in total. The first kappa shape index (κ1) is 18.4. The SMILES string of the molecule is C/C=C\C(=C/NC=O)C(=O)N1CCOCC(C)C1.CC. The Balaban J connectivity index is 0.00000172. The molecular formula is C15H26N2O3. The third-order valence-electron chi connectivity index (χ3n) is 2.63. The lowest BCUT2D eigenvalue weighted by Crippen LogP contribution is -2.36. The van der Waals surface area contributed by atoms with Gasteiger partial charge in [-0.05, 0) is 12.8 Å². The Morgan fingerprint density at radius 2 is 2.10 bits per heavy atom. The maximum atomic E-state index is 12.3. The minimum Gasteiger partial charge on any atom is -0.379 e. The third-order valence-corrected chi connectivity index (χ3v) is 2.63. The summed E-state index contributed by atoms with van der Waals surface area (Å²) in [6.07, 6.45) is 5.43. The molecule has 0 aliphatic carbocycles. The van der Waals surface area contributed by atoms with Gasteiger partial charge in [-0.25, -0.2) is 0 Å². The number of hydrogen-bond acceptors (Lipinski definition) is 3. The number of ether oxygens (including phenoxy) is 1. The first-order chi connectivity index (χ1) is 9.69. The molecule has 1 aliphatic heterocycles. The van der Waals surface area contributed by atoms with Gasteiger partial charge in [-0.3, -0.25) is 9.59 Å². The van der Waals surface area contributed by atoms with Crippen LogP contribution in [0.25, 0.3) is 0 Å². The van der Waals surface area contributed by atoms with E-state index in [1.54, 1.807) is 17.1 Å². The highest BCUT2D eigenvalue weighted by molar-refractivity contribution is 5.96. The number of hydrogen-bond donors (Lipinski definition) is 1. The van der Waals surface area contributed by atoms with Crippen molar-refractivity contribution in [2.75, 3.05) is 26.3 Å². The van der Waals surface area contributed by atoms with Crippen LogP contribution in [-0.2, 0) is 14.3 Å². The van der Waals surface area contributed by atoms with Gasteiger partial charge in [0.25, 0.3) is 5.91 Å². The minimum atomic E-state index is -0.0835. The number of nitrogens with one attached hydrogen (secondary N) is 1. The highest BCUT2D eigenvalue weighted by atomic mass is 16.5. The molecular weight excluding hydrogens is 256 g/mol. The van der Waals surface area contributed by atoms with Crippen LogP contribution in [0.5, 0.6) is 0 Å². The Labute approximate surface area is 121 Å². The van der Waals surface area contributed by atoms with Crippen LogP contribution < -0.4 is 5.32 Å². The summed E-state index contributed by atoms with van der Waals surface area (Å²) in [5.74, 6) is 0.238. The van der Waals surface area contributed by atoms with Crippen LogP contribution in [0.2, 0.25) is 0 Å². The van der Waals surface area contributed by atoms with Crippen LogP contribution in [0.15, 0.2) is 23.9 Å². The standard InChI is InChI=1S/C13H20N2O3.C2H6/c1-3-4-12(7-14-10-16)13(17)15-5-6-18-9-11(2)8-15;1-2/h3-4,7,10-11H,5-6,8-9H2,1-2H3,(H,14,16);1-2H3/b4-3-,12-7+;. The summed E-state index contributed by atoms with van der Waals surface area (Å²) < 4.78 is 5.40. The molecule has 114 valence electrons. The summed E-state index contributed by atoms with van der Waals surface area (Å²) >= 11 is 0. The number of rotatable bonds is 4. The fourth-order valence-corrected chi connectivity index (χ4v) is 1.83. The maximum absolute atomic E-state index is 12.3. The summed E-state index contributed by atoms with van der Waals surface area (Å²) in [7, 11) is 0. The fourth-order valence-electron chi connectivity index (χ4n) is 1.83. The van der Waals surface area contributed by atoms with E-state index in [0.717, 1.165) is 0 Å². The van der Waals surface area contributed by atoms with Crippen molar-refractivity contribution in [1.29, 1.82) is 0 Å². The van der Waals surface area contributed by atoms with Crippen LogP contribution in [-0.4, -0.2) is 43.5 Å². The number of carbonyl (C=O) groups excluding carboxylic acids is 2. The molecule has 1 heterocycles. The molecule has 0 spiro atoms. The molecule has 1 unspecified atom stereocenters. The first-order valence-corrected chi connectivity index (χ1v) is 7.08. The molecule has 0 radical (unpaired) electrons. The highest BCUT2D eigenvalue weighted by Crippen LogP contribution is 2.10. The van der Waals surface area contributed by atoms with Gasteiger partial charge in [-0.15, -0.1) is 0 Å². The van der Waals surface area contributed by atoms with E-state index in [9.17, 15) is 9.59 Å². The second-order valence-corrected chi connectivity index (χ2v) is 4.32. The zero-order valence-electron chi connectivity index (χ0n) is 12.9. The van der Waals surface area contributed by atoms with E-state index in [4.69, 9.17) is 4.74 Å². The molecule has 1 atom stereocenters. The van der Waals surface area contributed by atoms with Crippen LogP contribution in [0.1, 0.15) is 27.7 Å². The van der Waals surface area contributed by atoms with E-state index in [1.165, 1.54) is 6.20 Å². The molecule has 0 bridgehead atoms. The number of nitrogens with zero attached hydrogens (tertiary/aromatic N) is 1. The lowest BCUT2D eigenvalue weighted by molar-refractivity contribution is -0.127. The quantitative estimate of drug-likeness (QED) is 0.485. The average molecular weight is 282 g/mol. The molecule has 20 heavy (non-hydrogen) atoms. The van der Waals surface area contributed by atoms with Crippen molar-refractivity contribution < 1.29 is 14.3 Å². The van der Waals surface area contributed by atoms with Crippen molar-refractivity contribution in [3.8, 4) is 0 Å². The first-order valence-electron chi connectivity index (χ1n) is 7.08. The second-order valence-electron chi connectivity index (χ2n) is 4.32. The van der Waals surface area contributed by atoms with Gasteiger partial charge in [0, 0.05) is 19.3 Å². The van der Waals surface area contributed by atoms with Crippen molar-refractivity contribution in [3.63, 3.8) is 0 Å². The molecule has 1 rings (SSSR count). The zero-order valence-corrected chi connectivity index (χ0v) is 12.9. The van der Waals surface area contributed by atoms with Gasteiger partial charge in [0.1, 0.15) is 0 Å². The molecule has 1 aliphatic rings. The lowest BCUT2D eigenvalue weighted by atomic mass is 10.1. The number of carbonyl (C=O) groups is 2. The van der Waals surface area contributed by atoms with E-state index in [2.05, 4.69) is 5.32 Å². The van der Waals surface area contributed by atoms with E-state index >= 15 is 0 Å². The van der Waals surface area contributed by atoms with E-state index in [0.29, 0.717) is 44.2 Å². The number of allylic oxidation sites excluding steroid dienone is 1. The molecule has 1 fully saturated rings. The summed E-state index contributed by atoms with van der Waals surface area (Å²) in [6, 6.07) is 0. The van der Waals surface area contributed by atoms with Gasteiger partial charge in [-0.1, -0.05) is 32.9 Å². The van der Waals surface area contributed by atoms with Crippen LogP contribution in [0.4, 0.5) is 0 Å². The molecule has 0 saturated carbocycles. The van der Waals surface area contributed by atoms with Gasteiger partial charge in [0.2, 0.25) is 6.41 Å². The highest BCUT2D eigenvalue weighted by Gasteiger charge is 2.21. The molecule has 0 aromatic carbocycles. The van der Waals surface area contributed by atoms with Gasteiger partial charge in [-0.2, -0.15) is 0 Å². The summed E-state index contributed by atoms with van der Waals surface area (Å²) in [5.41, 5.74) is 0.471. The van der Waals surface area contributed by atoms with Gasteiger partial charge < -0.3 is 15.0 Å². The van der Waals surface area contributed by atoms with Crippen LogP contribution in [0.3, 0.4) is 0 Å². The van der Waals surface area contributed by atoms with Crippen LogP contribution >= 0.6 is 0 Å². The fraction of sp³-hybridized carbons (Fsp3) is 0.600. The minimum absolute atomic E-state index is 0.0835. The Kier molecular flexibility index (Phi) is 10.3. The van der Waals surface area contributed by atoms with E-state index in [1.807, 2.05) is 27.7 Å². The molecule has 2 amide bonds. The number of amides is 2. The molecule has 5 heteroatoms. The molecule has 1 saturated heterocycles. The largest absolute Gasteiger partial charge is 0.379 e. The van der Waals surface area contributed by atoms with Crippen molar-refractivity contribution in [2.24, 2.45) is 5.92 Å². The average Bonchev–Trinajstić information content (AvgIpc) is 2.69. The topological polar surface area (TPSA) is 58.6 Å². The van der Waals surface area contributed by atoms with Crippen molar-refractivity contribution >= 4 is 12.3 Å². The van der Waals surface area contributed by atoms with Crippen LogP contribution in [0, 0.1) is 5.92 Å². The summed E-state index contributed by atoms with van der Waals surface area (Å²) in [4.78, 5) is 24.3.